The largest absolute Gasteiger partial charge is 0.476 e. The summed E-state index contributed by atoms with van der Waals surface area (Å²) in [4.78, 5) is 10.2. The lowest BCUT2D eigenvalue weighted by Gasteiger charge is -2.09. The van der Waals surface area contributed by atoms with Crippen LogP contribution in [0.5, 0.6) is 5.75 Å². The first-order chi connectivity index (χ1) is 7.00. The van der Waals surface area contributed by atoms with Crippen LogP contribution in [-0.2, 0) is 4.79 Å². The number of hydrogen-bond acceptors (Lipinski definition) is 2. The molecular formula is C11H13FO3. The average Bonchev–Trinajstić information content (AvgIpc) is 2.18. The highest BCUT2D eigenvalue weighted by atomic mass is 19.1. The summed E-state index contributed by atoms with van der Waals surface area (Å²) in [6.45, 7) is 4.07. The first-order valence-corrected chi connectivity index (χ1v) is 4.64. The van der Waals surface area contributed by atoms with Gasteiger partial charge >= 0.3 is 12.3 Å². The maximum absolute atomic E-state index is 12.6. The quantitative estimate of drug-likeness (QED) is 0.834. The minimum atomic E-state index is -2.31. The van der Waals surface area contributed by atoms with Gasteiger partial charge in [0.1, 0.15) is 5.75 Å². The number of alkyl halides is 1. The number of rotatable bonds is 4. The van der Waals surface area contributed by atoms with E-state index in [-0.39, 0.29) is 5.75 Å². The summed E-state index contributed by atoms with van der Waals surface area (Å²) in [6, 6.07) is 6.69. The third-order valence-electron chi connectivity index (χ3n) is 1.98. The summed E-state index contributed by atoms with van der Waals surface area (Å²) in [5, 5.41) is 8.29. The van der Waals surface area contributed by atoms with Crippen LogP contribution in [0.1, 0.15) is 25.3 Å². The predicted octanol–water partition coefficient (Wildman–Crippen LogP) is 2.57. The normalized spacial score (nSPS) is 12.5. The van der Waals surface area contributed by atoms with Crippen LogP contribution in [0.2, 0.25) is 0 Å². The van der Waals surface area contributed by atoms with E-state index in [9.17, 15) is 9.18 Å². The highest BCUT2D eigenvalue weighted by molar-refractivity contribution is 5.70. The van der Waals surface area contributed by atoms with E-state index < -0.39 is 12.3 Å². The smallest absolute Gasteiger partial charge is 0.378 e. The van der Waals surface area contributed by atoms with E-state index in [1.165, 1.54) is 0 Å². The standard InChI is InChI=1S/C11H13FO3/c1-7(2)8-3-5-9(6-4-8)15-10(12)11(13)14/h3-7,10H,1-2H3,(H,13,14). The molecular weight excluding hydrogens is 199 g/mol. The SMILES string of the molecule is CC(C)c1ccc(OC(F)C(=O)O)cc1. The summed E-state index contributed by atoms with van der Waals surface area (Å²) < 4.78 is 17.2. The zero-order valence-corrected chi connectivity index (χ0v) is 8.61. The number of carboxylic acid groups (broad SMARTS) is 1. The van der Waals surface area contributed by atoms with Crippen LogP contribution in [-0.4, -0.2) is 17.4 Å². The molecule has 0 saturated carbocycles. The lowest BCUT2D eigenvalue weighted by Crippen LogP contribution is -2.21. The topological polar surface area (TPSA) is 46.5 Å². The molecule has 0 heterocycles. The third-order valence-corrected chi connectivity index (χ3v) is 1.98. The van der Waals surface area contributed by atoms with Gasteiger partial charge in [-0.3, -0.25) is 0 Å². The Bertz CT molecular complexity index is 332. The summed E-state index contributed by atoms with van der Waals surface area (Å²) in [5.41, 5.74) is 1.09. The third kappa shape index (κ3) is 3.23. The second-order valence-electron chi connectivity index (χ2n) is 3.50. The van der Waals surface area contributed by atoms with Crippen molar-refractivity contribution >= 4 is 5.97 Å². The Hall–Kier alpha value is -1.58. The van der Waals surface area contributed by atoms with Crippen molar-refractivity contribution in [2.45, 2.75) is 26.1 Å². The Kier molecular flexibility index (Phi) is 3.66. The minimum absolute atomic E-state index is 0.217. The Morgan fingerprint density at radius 1 is 1.33 bits per heavy atom. The van der Waals surface area contributed by atoms with Gasteiger partial charge in [0.15, 0.2) is 0 Å². The lowest BCUT2D eigenvalue weighted by molar-refractivity contribution is -0.153. The van der Waals surface area contributed by atoms with Crippen LogP contribution in [0.4, 0.5) is 4.39 Å². The molecule has 1 atom stereocenters. The van der Waals surface area contributed by atoms with Crippen molar-refractivity contribution in [3.05, 3.63) is 29.8 Å². The number of carbonyl (C=O) groups is 1. The first-order valence-electron chi connectivity index (χ1n) is 4.64. The van der Waals surface area contributed by atoms with Crippen molar-refractivity contribution in [3.63, 3.8) is 0 Å². The second kappa shape index (κ2) is 4.77. The van der Waals surface area contributed by atoms with Crippen molar-refractivity contribution in [2.24, 2.45) is 0 Å². The molecule has 82 valence electrons. The predicted molar refractivity (Wildman–Crippen MR) is 53.7 cm³/mol. The molecule has 0 aliphatic rings. The number of aliphatic carboxylic acids is 1. The van der Waals surface area contributed by atoms with E-state index >= 15 is 0 Å². The molecule has 0 aromatic heterocycles. The molecule has 0 aliphatic heterocycles. The molecule has 0 radical (unpaired) electrons. The van der Waals surface area contributed by atoms with E-state index in [0.29, 0.717) is 5.92 Å². The number of halogens is 1. The van der Waals surface area contributed by atoms with Crippen LogP contribution in [0.3, 0.4) is 0 Å². The molecule has 0 saturated heterocycles. The van der Waals surface area contributed by atoms with Crippen LogP contribution >= 0.6 is 0 Å². The molecule has 1 unspecified atom stereocenters. The molecule has 0 amide bonds. The molecule has 4 heteroatoms. The molecule has 0 bridgehead atoms. The maximum atomic E-state index is 12.6. The van der Waals surface area contributed by atoms with Crippen molar-refractivity contribution < 1.29 is 19.0 Å². The summed E-state index contributed by atoms with van der Waals surface area (Å²) in [7, 11) is 0. The van der Waals surface area contributed by atoms with E-state index in [4.69, 9.17) is 5.11 Å². The Balaban J connectivity index is 2.68. The Morgan fingerprint density at radius 3 is 2.27 bits per heavy atom. The molecule has 15 heavy (non-hydrogen) atoms. The second-order valence-corrected chi connectivity index (χ2v) is 3.50. The summed E-state index contributed by atoms with van der Waals surface area (Å²) >= 11 is 0. The molecule has 1 aromatic carbocycles. The minimum Gasteiger partial charge on any atom is -0.476 e. The zero-order valence-electron chi connectivity index (χ0n) is 8.61. The highest BCUT2D eigenvalue weighted by Crippen LogP contribution is 2.19. The van der Waals surface area contributed by atoms with Crippen LogP contribution < -0.4 is 4.74 Å². The van der Waals surface area contributed by atoms with Crippen molar-refractivity contribution in [1.82, 2.24) is 0 Å². The molecule has 0 spiro atoms. The van der Waals surface area contributed by atoms with Gasteiger partial charge in [-0.1, -0.05) is 26.0 Å². The van der Waals surface area contributed by atoms with Gasteiger partial charge in [-0.15, -0.1) is 0 Å². The van der Waals surface area contributed by atoms with Crippen LogP contribution in [0, 0.1) is 0 Å². The van der Waals surface area contributed by atoms with E-state index in [2.05, 4.69) is 4.74 Å². The summed E-state index contributed by atoms with van der Waals surface area (Å²) in [5.74, 6) is -1.03. The van der Waals surface area contributed by atoms with E-state index in [1.807, 2.05) is 13.8 Å². The highest BCUT2D eigenvalue weighted by Gasteiger charge is 2.16. The van der Waals surface area contributed by atoms with E-state index in [0.717, 1.165) is 5.56 Å². The molecule has 3 nitrogen and oxygen atoms in total. The number of hydrogen-bond donors (Lipinski definition) is 1. The van der Waals surface area contributed by atoms with Gasteiger partial charge < -0.3 is 9.84 Å². The number of benzene rings is 1. The maximum Gasteiger partial charge on any atom is 0.378 e. The van der Waals surface area contributed by atoms with Gasteiger partial charge in [-0.2, -0.15) is 4.39 Å². The number of carboxylic acids is 1. The van der Waals surface area contributed by atoms with Gasteiger partial charge in [-0.05, 0) is 23.6 Å². The fourth-order valence-electron chi connectivity index (χ4n) is 1.10. The molecule has 1 rings (SSSR count). The monoisotopic (exact) mass is 212 g/mol. The molecule has 0 fully saturated rings. The molecule has 0 aliphatic carbocycles. The van der Waals surface area contributed by atoms with Crippen molar-refractivity contribution in [1.29, 1.82) is 0 Å². The number of ether oxygens (including phenoxy) is 1. The van der Waals surface area contributed by atoms with Crippen LogP contribution in [0.15, 0.2) is 24.3 Å². The van der Waals surface area contributed by atoms with E-state index in [1.54, 1.807) is 24.3 Å². The van der Waals surface area contributed by atoms with Crippen molar-refractivity contribution in [2.75, 3.05) is 0 Å². The zero-order chi connectivity index (χ0) is 11.4. The van der Waals surface area contributed by atoms with Gasteiger partial charge in [-0.25, -0.2) is 4.79 Å². The molecule has 1 N–H and O–H groups in total. The van der Waals surface area contributed by atoms with Gasteiger partial charge in [0.2, 0.25) is 0 Å². The Labute approximate surface area is 87.5 Å². The fourth-order valence-corrected chi connectivity index (χ4v) is 1.10. The molecule has 1 aromatic rings. The van der Waals surface area contributed by atoms with Gasteiger partial charge in [0.05, 0.1) is 0 Å². The van der Waals surface area contributed by atoms with Gasteiger partial charge in [0.25, 0.3) is 0 Å². The van der Waals surface area contributed by atoms with Crippen LogP contribution in [0.25, 0.3) is 0 Å². The van der Waals surface area contributed by atoms with Crippen molar-refractivity contribution in [3.8, 4) is 5.75 Å². The summed E-state index contributed by atoms with van der Waals surface area (Å²) in [6.07, 6.45) is -2.31. The van der Waals surface area contributed by atoms with Gasteiger partial charge in [0, 0.05) is 0 Å². The Morgan fingerprint density at radius 2 is 1.87 bits per heavy atom. The first kappa shape index (κ1) is 11.5. The fraction of sp³-hybridized carbons (Fsp3) is 0.364. The lowest BCUT2D eigenvalue weighted by atomic mass is 10.0. The average molecular weight is 212 g/mol.